The molecule has 130 valence electrons. The zero-order valence-electron chi connectivity index (χ0n) is 14.8. The van der Waals surface area contributed by atoms with Crippen LogP contribution in [0.15, 0.2) is 24.3 Å². The Balaban J connectivity index is 1.73. The van der Waals surface area contributed by atoms with E-state index in [9.17, 15) is 9.59 Å². The molecular formula is C20H28N2O2. The number of nitrogens with zero attached hydrogens (tertiary/aromatic N) is 1. The number of carbonyl (C=O) groups is 2. The summed E-state index contributed by atoms with van der Waals surface area (Å²) in [4.78, 5) is 27.7. The lowest BCUT2D eigenvalue weighted by molar-refractivity contribution is -0.135. The maximum atomic E-state index is 13.2. The van der Waals surface area contributed by atoms with E-state index in [4.69, 9.17) is 0 Å². The van der Waals surface area contributed by atoms with Crippen molar-refractivity contribution in [3.63, 3.8) is 0 Å². The second kappa shape index (κ2) is 7.37. The molecule has 0 saturated heterocycles. The van der Waals surface area contributed by atoms with Crippen molar-refractivity contribution in [3.05, 3.63) is 29.8 Å². The number of hydrogen-bond acceptors (Lipinski definition) is 2. The third kappa shape index (κ3) is 3.47. The van der Waals surface area contributed by atoms with E-state index in [1.165, 1.54) is 5.56 Å². The van der Waals surface area contributed by atoms with Gasteiger partial charge in [-0.05, 0) is 36.8 Å². The molecule has 3 rings (SSSR count). The van der Waals surface area contributed by atoms with E-state index in [0.717, 1.165) is 44.3 Å². The SMILES string of the molecule is CC(C)CNC(=O)C1CCCCC1C(=O)N1CCc2ccccc21. The molecule has 2 amide bonds. The molecule has 1 N–H and O–H groups in total. The molecule has 1 heterocycles. The van der Waals surface area contributed by atoms with Crippen LogP contribution in [0.3, 0.4) is 0 Å². The van der Waals surface area contributed by atoms with Gasteiger partial charge in [-0.2, -0.15) is 0 Å². The fraction of sp³-hybridized carbons (Fsp3) is 0.600. The van der Waals surface area contributed by atoms with Crippen molar-refractivity contribution < 1.29 is 9.59 Å². The van der Waals surface area contributed by atoms with Crippen LogP contribution in [0, 0.1) is 17.8 Å². The standard InChI is InChI=1S/C20H28N2O2/c1-14(2)13-21-19(23)16-8-4-5-9-17(16)20(24)22-12-11-15-7-3-6-10-18(15)22/h3,6-7,10,14,16-17H,4-5,8-9,11-13H2,1-2H3,(H,21,23). The van der Waals surface area contributed by atoms with Crippen LogP contribution in [0.1, 0.15) is 45.1 Å². The van der Waals surface area contributed by atoms with E-state index >= 15 is 0 Å². The summed E-state index contributed by atoms with van der Waals surface area (Å²) in [5, 5.41) is 3.04. The first-order chi connectivity index (χ1) is 11.6. The van der Waals surface area contributed by atoms with Crippen LogP contribution >= 0.6 is 0 Å². The number of benzene rings is 1. The molecule has 2 atom stereocenters. The Hall–Kier alpha value is -1.84. The Labute approximate surface area is 144 Å². The summed E-state index contributed by atoms with van der Waals surface area (Å²) in [5.74, 6) is 0.297. The van der Waals surface area contributed by atoms with Crippen LogP contribution in [0.4, 0.5) is 5.69 Å². The molecule has 4 nitrogen and oxygen atoms in total. The molecule has 1 aromatic carbocycles. The molecule has 0 bridgehead atoms. The average Bonchev–Trinajstić information content (AvgIpc) is 3.03. The van der Waals surface area contributed by atoms with Gasteiger partial charge in [0.1, 0.15) is 0 Å². The summed E-state index contributed by atoms with van der Waals surface area (Å²) in [6.07, 6.45) is 4.66. The first kappa shape index (κ1) is 17.0. The van der Waals surface area contributed by atoms with Crippen LogP contribution in [-0.4, -0.2) is 24.9 Å². The quantitative estimate of drug-likeness (QED) is 0.923. The Morgan fingerprint density at radius 1 is 1.17 bits per heavy atom. The topological polar surface area (TPSA) is 49.4 Å². The minimum Gasteiger partial charge on any atom is -0.356 e. The molecule has 24 heavy (non-hydrogen) atoms. The van der Waals surface area contributed by atoms with Gasteiger partial charge in [0.25, 0.3) is 0 Å². The Morgan fingerprint density at radius 3 is 2.62 bits per heavy atom. The summed E-state index contributed by atoms with van der Waals surface area (Å²) in [6, 6.07) is 8.13. The van der Waals surface area contributed by atoms with Crippen molar-refractivity contribution in [2.24, 2.45) is 17.8 Å². The van der Waals surface area contributed by atoms with Crippen LogP contribution in [0.2, 0.25) is 0 Å². The molecule has 0 aromatic heterocycles. The minimum absolute atomic E-state index is 0.0641. The second-order valence-corrected chi connectivity index (χ2v) is 7.51. The van der Waals surface area contributed by atoms with Crippen LogP contribution in [0.5, 0.6) is 0 Å². The van der Waals surface area contributed by atoms with E-state index in [-0.39, 0.29) is 23.7 Å². The van der Waals surface area contributed by atoms with Gasteiger partial charge in [0.15, 0.2) is 0 Å². The van der Waals surface area contributed by atoms with E-state index in [1.54, 1.807) is 0 Å². The fourth-order valence-corrected chi connectivity index (χ4v) is 3.94. The molecule has 0 spiro atoms. The Kier molecular flexibility index (Phi) is 5.22. The zero-order chi connectivity index (χ0) is 17.1. The van der Waals surface area contributed by atoms with Gasteiger partial charge in [0, 0.05) is 24.7 Å². The Bertz CT molecular complexity index is 611. The van der Waals surface area contributed by atoms with Crippen molar-refractivity contribution in [2.75, 3.05) is 18.0 Å². The zero-order valence-corrected chi connectivity index (χ0v) is 14.8. The molecule has 1 aliphatic carbocycles. The van der Waals surface area contributed by atoms with E-state index in [1.807, 2.05) is 23.1 Å². The fourth-order valence-electron chi connectivity index (χ4n) is 3.94. The smallest absolute Gasteiger partial charge is 0.230 e. The van der Waals surface area contributed by atoms with Crippen LogP contribution in [0.25, 0.3) is 0 Å². The summed E-state index contributed by atoms with van der Waals surface area (Å²) in [7, 11) is 0. The highest BCUT2D eigenvalue weighted by atomic mass is 16.2. The Morgan fingerprint density at radius 2 is 1.88 bits per heavy atom. The molecule has 1 fully saturated rings. The van der Waals surface area contributed by atoms with Gasteiger partial charge in [0.05, 0.1) is 5.92 Å². The number of para-hydroxylation sites is 1. The normalized spacial score (nSPS) is 23.2. The molecule has 1 aliphatic heterocycles. The van der Waals surface area contributed by atoms with Crippen molar-refractivity contribution >= 4 is 17.5 Å². The largest absolute Gasteiger partial charge is 0.356 e. The third-order valence-electron chi connectivity index (χ3n) is 5.26. The van der Waals surface area contributed by atoms with Crippen molar-refractivity contribution in [1.82, 2.24) is 5.32 Å². The number of fused-ring (bicyclic) bond motifs is 1. The van der Waals surface area contributed by atoms with Gasteiger partial charge < -0.3 is 10.2 Å². The lowest BCUT2D eigenvalue weighted by Gasteiger charge is -2.33. The highest BCUT2D eigenvalue weighted by molar-refractivity contribution is 5.99. The molecule has 2 unspecified atom stereocenters. The number of nitrogens with one attached hydrogen (secondary N) is 1. The third-order valence-corrected chi connectivity index (χ3v) is 5.26. The lowest BCUT2D eigenvalue weighted by Crippen LogP contribution is -2.45. The van der Waals surface area contributed by atoms with Crippen molar-refractivity contribution in [3.8, 4) is 0 Å². The molecule has 1 saturated carbocycles. The van der Waals surface area contributed by atoms with Gasteiger partial charge in [-0.25, -0.2) is 0 Å². The van der Waals surface area contributed by atoms with Gasteiger partial charge >= 0.3 is 0 Å². The van der Waals surface area contributed by atoms with Crippen molar-refractivity contribution in [2.45, 2.75) is 46.0 Å². The maximum absolute atomic E-state index is 13.2. The minimum atomic E-state index is -0.169. The summed E-state index contributed by atoms with van der Waals surface area (Å²) in [5.41, 5.74) is 2.27. The number of anilines is 1. The predicted molar refractivity (Wildman–Crippen MR) is 95.8 cm³/mol. The van der Waals surface area contributed by atoms with Crippen LogP contribution in [-0.2, 0) is 16.0 Å². The van der Waals surface area contributed by atoms with E-state index in [0.29, 0.717) is 12.5 Å². The maximum Gasteiger partial charge on any atom is 0.230 e. The average molecular weight is 328 g/mol. The predicted octanol–water partition coefficient (Wildman–Crippen LogP) is 3.15. The number of hydrogen-bond donors (Lipinski definition) is 1. The van der Waals surface area contributed by atoms with E-state index < -0.39 is 0 Å². The highest BCUT2D eigenvalue weighted by Gasteiger charge is 2.39. The molecule has 1 aromatic rings. The van der Waals surface area contributed by atoms with Crippen molar-refractivity contribution in [1.29, 1.82) is 0 Å². The lowest BCUT2D eigenvalue weighted by atomic mass is 9.77. The number of rotatable bonds is 4. The molecule has 4 heteroatoms. The van der Waals surface area contributed by atoms with Gasteiger partial charge in [0.2, 0.25) is 11.8 Å². The van der Waals surface area contributed by atoms with E-state index in [2.05, 4.69) is 25.2 Å². The molecule has 0 radical (unpaired) electrons. The van der Waals surface area contributed by atoms with Gasteiger partial charge in [-0.3, -0.25) is 9.59 Å². The summed E-state index contributed by atoms with van der Waals surface area (Å²) in [6.45, 7) is 5.60. The number of amides is 2. The first-order valence-electron chi connectivity index (χ1n) is 9.25. The summed E-state index contributed by atoms with van der Waals surface area (Å²) >= 11 is 0. The highest BCUT2D eigenvalue weighted by Crippen LogP contribution is 2.35. The number of carbonyl (C=O) groups excluding carboxylic acids is 2. The van der Waals surface area contributed by atoms with Crippen LogP contribution < -0.4 is 10.2 Å². The summed E-state index contributed by atoms with van der Waals surface area (Å²) < 4.78 is 0. The second-order valence-electron chi connectivity index (χ2n) is 7.51. The van der Waals surface area contributed by atoms with Gasteiger partial charge in [-0.15, -0.1) is 0 Å². The molecule has 2 aliphatic rings. The van der Waals surface area contributed by atoms with Gasteiger partial charge in [-0.1, -0.05) is 44.9 Å². The first-order valence-corrected chi connectivity index (χ1v) is 9.25. The molecular weight excluding hydrogens is 300 g/mol. The monoisotopic (exact) mass is 328 g/mol.